The van der Waals surface area contributed by atoms with E-state index in [-0.39, 0.29) is 22.7 Å². The number of hydrogen-bond donors (Lipinski definition) is 0. The van der Waals surface area contributed by atoms with Crippen LogP contribution in [-0.4, -0.2) is 0 Å². The summed E-state index contributed by atoms with van der Waals surface area (Å²) in [5, 5.41) is 0. The molecule has 2 unspecified atom stereocenters. The smallest absolute Gasteiger partial charge is 0.483 e. The first-order chi connectivity index (χ1) is 14.2. The van der Waals surface area contributed by atoms with E-state index in [4.69, 9.17) is 4.74 Å². The van der Waals surface area contributed by atoms with E-state index in [2.05, 4.69) is 93.3 Å². The van der Waals surface area contributed by atoms with Gasteiger partial charge in [0.25, 0.3) is 0 Å². The monoisotopic (exact) mass is 434 g/mol. The molecule has 10 radical (unpaired) electrons. The van der Waals surface area contributed by atoms with E-state index in [0.717, 1.165) is 17.7 Å². The van der Waals surface area contributed by atoms with Crippen LogP contribution in [0.3, 0.4) is 0 Å². The van der Waals surface area contributed by atoms with Gasteiger partial charge in [-0.3, -0.25) is 0 Å². The molecule has 0 N–H and O–H groups in total. The second-order valence-electron chi connectivity index (χ2n) is 7.59. The molecule has 1 aliphatic heterocycles. The van der Waals surface area contributed by atoms with Crippen molar-refractivity contribution in [2.75, 3.05) is 0 Å². The van der Waals surface area contributed by atoms with E-state index in [9.17, 15) is 0 Å². The molecule has 2 aromatic carbocycles. The van der Waals surface area contributed by atoms with Crippen LogP contribution in [0.25, 0.3) is 5.76 Å². The summed E-state index contributed by atoms with van der Waals surface area (Å²) in [5.41, 5.74) is 2.03. The zero-order chi connectivity index (χ0) is 19.9. The minimum Gasteiger partial charge on any atom is -0.483 e. The minimum atomic E-state index is -0.330. The van der Waals surface area contributed by atoms with Crippen molar-refractivity contribution in [3.05, 3.63) is 142 Å². The topological polar surface area (TPSA) is 9.23 Å². The Balaban J connectivity index is 0.000000376. The Morgan fingerprint density at radius 1 is 0.733 bits per heavy atom. The third-order valence-electron chi connectivity index (χ3n) is 5.41. The fraction of sp³-hybridized carbons (Fsp3) is 0.143. The van der Waals surface area contributed by atoms with Crippen molar-refractivity contribution < 1.29 is 21.8 Å². The van der Waals surface area contributed by atoms with Crippen molar-refractivity contribution in [1.29, 1.82) is 0 Å². The van der Waals surface area contributed by atoms with Gasteiger partial charge in [0.05, 0.1) is 0 Å². The Labute approximate surface area is 193 Å². The van der Waals surface area contributed by atoms with Gasteiger partial charge in [-0.15, -0.1) is 0 Å². The maximum atomic E-state index is 6.54. The molecule has 0 amide bonds. The molecule has 2 heteroatoms. The first-order valence-corrected chi connectivity index (χ1v) is 10.1. The largest absolute Gasteiger partial charge is 2.00 e. The maximum Gasteiger partial charge on any atom is 2.00 e. The Morgan fingerprint density at radius 2 is 1.27 bits per heavy atom. The zero-order valence-electron chi connectivity index (χ0n) is 17.1. The van der Waals surface area contributed by atoms with Crippen LogP contribution in [0, 0.1) is 69.6 Å². The molecule has 0 spiro atoms. The Morgan fingerprint density at radius 3 is 1.83 bits per heavy atom. The molecule has 5 rings (SSSR count). The average Bonchev–Trinajstić information content (AvgIpc) is 3.51. The summed E-state index contributed by atoms with van der Waals surface area (Å²) >= 11 is 0. The molecule has 0 saturated heterocycles. The summed E-state index contributed by atoms with van der Waals surface area (Å²) < 4.78 is 6.54. The predicted octanol–water partition coefficient (Wildman–Crippen LogP) is 6.40. The third kappa shape index (κ3) is 5.80. The molecule has 3 aliphatic rings. The number of allylic oxidation sites excluding steroid dienone is 1. The van der Waals surface area contributed by atoms with Crippen LogP contribution in [0.1, 0.15) is 24.5 Å². The molecule has 2 aromatic rings. The number of ether oxygens (including phenoxy) is 1. The number of benzene rings is 2. The predicted molar refractivity (Wildman–Crippen MR) is 119 cm³/mol. The molecule has 2 atom stereocenters. The second-order valence-corrected chi connectivity index (χ2v) is 7.59. The normalized spacial score (nSPS) is 26.0. The van der Waals surface area contributed by atoms with Gasteiger partial charge in [-0.25, -0.2) is 0 Å². The van der Waals surface area contributed by atoms with Gasteiger partial charge < -0.3 is 4.74 Å². The Kier molecular flexibility index (Phi) is 8.66. The van der Waals surface area contributed by atoms with Crippen LogP contribution in [-0.2, 0) is 27.4 Å². The van der Waals surface area contributed by atoms with Gasteiger partial charge >= 0.3 is 17.1 Å². The SMILES string of the molecule is CC1(c2ccccc2)CC([C]2[CH][CH][CH][CH]2)C=C(c2ccccc2)O1.[CH]1[CH][CH][CH][CH]1.[Fe+2]. The molecule has 1 nitrogen and oxygen atoms in total. The van der Waals surface area contributed by atoms with Crippen molar-refractivity contribution in [2.45, 2.75) is 18.9 Å². The van der Waals surface area contributed by atoms with Crippen LogP contribution in [0.2, 0.25) is 0 Å². The molecule has 0 bridgehead atoms. The fourth-order valence-electron chi connectivity index (χ4n) is 3.88. The van der Waals surface area contributed by atoms with Gasteiger partial charge in [-0.1, -0.05) is 60.7 Å². The summed E-state index contributed by atoms with van der Waals surface area (Å²) in [4.78, 5) is 0. The summed E-state index contributed by atoms with van der Waals surface area (Å²) in [6.07, 6.45) is 21.9. The van der Waals surface area contributed by atoms with Gasteiger partial charge in [-0.2, -0.15) is 0 Å². The number of rotatable bonds is 3. The molecule has 30 heavy (non-hydrogen) atoms. The van der Waals surface area contributed by atoms with Crippen LogP contribution in [0.4, 0.5) is 0 Å². The standard InChI is InChI=1S/C23H21O.C5H5.Fe/c1-23(21-14-6-3-7-15-21)17-20(18-10-8-9-11-18)16-22(24-23)19-12-4-2-5-13-19;1-2-4-5-3-1;/h2-16,20H,17H2,1H3;1-5H;/q;;+2. The van der Waals surface area contributed by atoms with Crippen LogP contribution in [0.5, 0.6) is 0 Å². The zero-order valence-corrected chi connectivity index (χ0v) is 18.2. The molecule has 2 saturated carbocycles. The van der Waals surface area contributed by atoms with E-state index in [0.29, 0.717) is 5.92 Å². The Hall–Kier alpha value is -1.50. The van der Waals surface area contributed by atoms with Crippen molar-refractivity contribution >= 4 is 5.76 Å². The van der Waals surface area contributed by atoms with E-state index in [1.807, 2.05) is 38.2 Å². The van der Waals surface area contributed by atoms with Crippen LogP contribution < -0.4 is 0 Å². The number of hydrogen-bond acceptors (Lipinski definition) is 1. The third-order valence-corrected chi connectivity index (χ3v) is 5.41. The molecule has 2 aliphatic carbocycles. The quantitative estimate of drug-likeness (QED) is 0.508. The minimum absolute atomic E-state index is 0. The van der Waals surface area contributed by atoms with Crippen molar-refractivity contribution in [1.82, 2.24) is 0 Å². The van der Waals surface area contributed by atoms with E-state index < -0.39 is 0 Å². The summed E-state index contributed by atoms with van der Waals surface area (Å²) in [5.74, 6) is 2.68. The summed E-state index contributed by atoms with van der Waals surface area (Å²) in [7, 11) is 0. The van der Waals surface area contributed by atoms with E-state index in [1.165, 1.54) is 11.5 Å². The van der Waals surface area contributed by atoms with Crippen LogP contribution in [0.15, 0.2) is 66.7 Å². The molecule has 1 heterocycles. The molecular formula is C28H26FeO+2. The summed E-state index contributed by atoms with van der Waals surface area (Å²) in [6.45, 7) is 2.20. The van der Waals surface area contributed by atoms with Crippen molar-refractivity contribution in [2.24, 2.45) is 5.92 Å². The van der Waals surface area contributed by atoms with E-state index in [1.54, 1.807) is 0 Å². The van der Waals surface area contributed by atoms with Gasteiger partial charge in [0.15, 0.2) is 0 Å². The maximum absolute atomic E-state index is 6.54. The Bertz CT molecular complexity index is 767. The van der Waals surface area contributed by atoms with Crippen molar-refractivity contribution in [3.63, 3.8) is 0 Å². The molecule has 150 valence electrons. The van der Waals surface area contributed by atoms with Gasteiger partial charge in [0.1, 0.15) is 11.4 Å². The molecule has 2 fully saturated rings. The van der Waals surface area contributed by atoms with Crippen molar-refractivity contribution in [3.8, 4) is 0 Å². The average molecular weight is 434 g/mol. The second kappa shape index (κ2) is 11.2. The molecule has 0 aromatic heterocycles. The first-order valence-electron chi connectivity index (χ1n) is 10.1. The van der Waals surface area contributed by atoms with Gasteiger partial charge in [0, 0.05) is 5.56 Å². The fourth-order valence-corrected chi connectivity index (χ4v) is 3.88. The molecular weight excluding hydrogens is 408 g/mol. The van der Waals surface area contributed by atoms with Gasteiger partial charge in [-0.05, 0) is 94.6 Å². The van der Waals surface area contributed by atoms with Crippen LogP contribution >= 0.6 is 0 Å². The first kappa shape index (κ1) is 23.2. The van der Waals surface area contributed by atoms with E-state index >= 15 is 0 Å². The van der Waals surface area contributed by atoms with Gasteiger partial charge in [0.2, 0.25) is 0 Å². The summed E-state index contributed by atoms with van der Waals surface area (Å²) in [6, 6.07) is 20.9.